The number of ether oxygens (including phenoxy) is 1. The lowest BCUT2D eigenvalue weighted by atomic mass is 9.98. The number of carbonyl (C=O) groups is 1. The maximum absolute atomic E-state index is 11.9. The van der Waals surface area contributed by atoms with E-state index in [1.807, 2.05) is 0 Å². The Balaban J connectivity index is 2.12. The quantitative estimate of drug-likeness (QED) is 0.351. The van der Waals surface area contributed by atoms with E-state index in [1.54, 1.807) is 18.2 Å². The second-order valence-corrected chi connectivity index (χ2v) is 6.77. The molecule has 0 saturated carbocycles. The fourth-order valence-corrected chi connectivity index (χ4v) is 3.14. The van der Waals surface area contributed by atoms with Gasteiger partial charge in [-0.15, -0.1) is 9.78 Å². The van der Waals surface area contributed by atoms with Crippen LogP contribution in [-0.4, -0.2) is 55.8 Å². The Morgan fingerprint density at radius 2 is 1.93 bits per heavy atom. The van der Waals surface area contributed by atoms with E-state index in [-0.39, 0.29) is 33.1 Å². The van der Waals surface area contributed by atoms with E-state index in [0.29, 0.717) is 0 Å². The van der Waals surface area contributed by atoms with Crippen LogP contribution in [0.4, 0.5) is 11.8 Å². The van der Waals surface area contributed by atoms with Gasteiger partial charge >= 0.3 is 11.9 Å². The van der Waals surface area contributed by atoms with Crippen LogP contribution in [0.5, 0.6) is 0 Å². The van der Waals surface area contributed by atoms with E-state index >= 15 is 0 Å². The van der Waals surface area contributed by atoms with E-state index in [0.717, 1.165) is 4.68 Å². The van der Waals surface area contributed by atoms with E-state index in [2.05, 4.69) is 10.1 Å². The summed E-state index contributed by atoms with van der Waals surface area (Å²) in [5, 5.41) is 45.7. The Morgan fingerprint density at radius 3 is 2.57 bits per heavy atom. The number of aromatic nitrogens is 3. The van der Waals surface area contributed by atoms with Crippen molar-refractivity contribution in [2.75, 3.05) is 11.5 Å². The summed E-state index contributed by atoms with van der Waals surface area (Å²) in [5.74, 6) is -2.10. The van der Waals surface area contributed by atoms with Crippen molar-refractivity contribution in [1.29, 1.82) is 0 Å². The van der Waals surface area contributed by atoms with Crippen LogP contribution in [0, 0.1) is 0 Å². The predicted molar refractivity (Wildman–Crippen MR) is 93.9 cm³/mol. The lowest BCUT2D eigenvalue weighted by Gasteiger charge is -2.43. The number of hydrogen-bond acceptors (Lipinski definition) is 9. The minimum atomic E-state index is -2.12. The molecule has 1 aliphatic rings. The summed E-state index contributed by atoms with van der Waals surface area (Å²) in [7, 11) is 0. The van der Waals surface area contributed by atoms with Gasteiger partial charge in [-0.2, -0.15) is 0 Å². The predicted octanol–water partition coefficient (Wildman–Crippen LogP) is -1.66. The minimum Gasteiger partial charge on any atom is -0.848 e. The second kappa shape index (κ2) is 7.62. The molecule has 0 amide bonds. The van der Waals surface area contributed by atoms with Gasteiger partial charge in [0.1, 0.15) is 12.2 Å². The zero-order valence-corrected chi connectivity index (χ0v) is 15.4. The van der Waals surface area contributed by atoms with Crippen molar-refractivity contribution in [3.63, 3.8) is 0 Å². The summed E-state index contributed by atoms with van der Waals surface area (Å²) in [6.07, 6.45) is -9.47. The summed E-state index contributed by atoms with van der Waals surface area (Å²) in [6.45, 7) is 0. The van der Waals surface area contributed by atoms with Crippen LogP contribution < -0.4 is 21.3 Å². The van der Waals surface area contributed by atoms with Crippen LogP contribution in [0.2, 0.25) is 10.0 Å². The molecular formula is C15H15Cl2N5O6. The number of nitrogen functional groups attached to an aromatic ring is 2. The van der Waals surface area contributed by atoms with Gasteiger partial charge in [0.05, 0.1) is 16.1 Å². The fraction of sp³-hybridized carbons (Fsp3) is 0.333. The summed E-state index contributed by atoms with van der Waals surface area (Å²) in [5.41, 5.74) is 12.0. The lowest BCUT2D eigenvalue weighted by molar-refractivity contribution is -0.815. The average molecular weight is 432 g/mol. The highest BCUT2D eigenvalue weighted by atomic mass is 35.5. The molecule has 5 unspecified atom stereocenters. The highest BCUT2D eigenvalue weighted by molar-refractivity contribution is 6.43. The molecule has 0 aliphatic carbocycles. The number of anilines is 2. The zero-order chi connectivity index (χ0) is 20.7. The minimum absolute atomic E-state index is 0.0168. The number of nitrogens with two attached hydrogens (primary N) is 2. The molecule has 5 atom stereocenters. The third kappa shape index (κ3) is 3.43. The molecular weight excluding hydrogens is 417 g/mol. The van der Waals surface area contributed by atoms with E-state index < -0.39 is 36.6 Å². The molecule has 1 aromatic heterocycles. The first kappa shape index (κ1) is 20.5. The van der Waals surface area contributed by atoms with Gasteiger partial charge in [-0.05, 0) is 11.1 Å². The number of benzene rings is 1. The van der Waals surface area contributed by atoms with E-state index in [1.165, 1.54) is 0 Å². The fourth-order valence-electron chi connectivity index (χ4n) is 2.75. The van der Waals surface area contributed by atoms with Gasteiger partial charge in [-0.3, -0.25) is 5.73 Å². The van der Waals surface area contributed by atoms with Gasteiger partial charge in [0, 0.05) is 5.56 Å². The molecule has 13 heteroatoms. The van der Waals surface area contributed by atoms with Gasteiger partial charge in [-0.25, -0.2) is 4.79 Å². The molecule has 150 valence electrons. The third-order valence-electron chi connectivity index (χ3n) is 4.17. The molecule has 2 heterocycles. The molecule has 1 saturated heterocycles. The van der Waals surface area contributed by atoms with Crippen LogP contribution in [0.15, 0.2) is 18.2 Å². The molecule has 0 spiro atoms. The molecule has 7 N–H and O–H groups in total. The Hall–Kier alpha value is -2.28. The lowest BCUT2D eigenvalue weighted by Crippen LogP contribution is -2.68. The molecule has 0 bridgehead atoms. The Bertz CT molecular complexity index is 932. The topological polar surface area (TPSA) is 192 Å². The normalized spacial score (nSPS) is 27.5. The smallest absolute Gasteiger partial charge is 0.413 e. The summed E-state index contributed by atoms with van der Waals surface area (Å²) < 4.78 is 5.97. The van der Waals surface area contributed by atoms with Crippen LogP contribution in [0.25, 0.3) is 11.3 Å². The number of aliphatic hydroxyl groups excluding tert-OH is 2. The van der Waals surface area contributed by atoms with Crippen molar-refractivity contribution in [3.8, 4) is 11.3 Å². The average Bonchev–Trinajstić information content (AvgIpc) is 2.63. The first-order valence-corrected chi connectivity index (χ1v) is 8.58. The van der Waals surface area contributed by atoms with Crippen molar-refractivity contribution in [3.05, 3.63) is 28.2 Å². The Kier molecular flexibility index (Phi) is 5.57. The number of hydrogen-bond donors (Lipinski definition) is 5. The molecule has 0 radical (unpaired) electrons. The SMILES string of the molecule is Nc1nc(N)[n+](C2OC(C(=O)O)C([O-])C(O)C2O)nc1-c1cccc(Cl)c1Cl. The first-order valence-electron chi connectivity index (χ1n) is 7.83. The highest BCUT2D eigenvalue weighted by Gasteiger charge is 2.46. The van der Waals surface area contributed by atoms with Gasteiger partial charge in [-0.1, -0.05) is 41.4 Å². The van der Waals surface area contributed by atoms with Crippen molar-refractivity contribution < 1.29 is 34.6 Å². The van der Waals surface area contributed by atoms with Gasteiger partial charge in [0.15, 0.2) is 5.69 Å². The monoisotopic (exact) mass is 431 g/mol. The van der Waals surface area contributed by atoms with Crippen LogP contribution in [0.1, 0.15) is 6.23 Å². The number of carboxylic acid groups (broad SMARTS) is 1. The van der Waals surface area contributed by atoms with Gasteiger partial charge in [0.2, 0.25) is 12.0 Å². The molecule has 3 rings (SSSR count). The number of rotatable bonds is 3. The van der Waals surface area contributed by atoms with E-state index in [9.17, 15) is 20.1 Å². The first-order chi connectivity index (χ1) is 13.1. The summed E-state index contributed by atoms with van der Waals surface area (Å²) >= 11 is 12.2. The number of nitrogens with zero attached hydrogens (tertiary/aromatic N) is 3. The molecule has 11 nitrogen and oxygen atoms in total. The summed E-state index contributed by atoms with van der Waals surface area (Å²) in [4.78, 5) is 15.2. The van der Waals surface area contributed by atoms with Crippen molar-refractivity contribution in [1.82, 2.24) is 10.1 Å². The molecule has 1 fully saturated rings. The Labute approximate surface area is 167 Å². The number of halogens is 2. The maximum Gasteiger partial charge on any atom is 0.413 e. The zero-order valence-electron chi connectivity index (χ0n) is 13.9. The van der Waals surface area contributed by atoms with Gasteiger partial charge < -0.3 is 30.9 Å². The van der Waals surface area contributed by atoms with Crippen molar-refractivity contribution in [2.45, 2.75) is 30.6 Å². The maximum atomic E-state index is 11.9. The Morgan fingerprint density at radius 1 is 1.25 bits per heavy atom. The van der Waals surface area contributed by atoms with Gasteiger partial charge in [0.25, 0.3) is 0 Å². The number of carboxylic acids is 1. The van der Waals surface area contributed by atoms with Crippen molar-refractivity contribution in [2.24, 2.45) is 0 Å². The standard InChI is InChI=1S/C15H14Cl2N5O6/c16-5-3-1-2-4(6(5)17)7-12(18)20-15(19)22(21-7)13-10(25)8(23)9(24)11(28-13)14(26)27/h1-3,8-11,13,23,25H,(H4,18,19,20,26,27)/q-1/p+1. The highest BCUT2D eigenvalue weighted by Crippen LogP contribution is 2.34. The third-order valence-corrected chi connectivity index (χ3v) is 4.99. The van der Waals surface area contributed by atoms with E-state index in [4.69, 9.17) is 44.5 Å². The molecule has 2 aromatic rings. The van der Waals surface area contributed by atoms with Crippen molar-refractivity contribution >= 4 is 40.9 Å². The van der Waals surface area contributed by atoms with Crippen LogP contribution in [-0.2, 0) is 9.53 Å². The summed E-state index contributed by atoms with van der Waals surface area (Å²) in [6, 6.07) is 4.68. The second-order valence-electron chi connectivity index (χ2n) is 5.98. The number of aliphatic carboxylic acids is 1. The van der Waals surface area contributed by atoms with Crippen LogP contribution in [0.3, 0.4) is 0 Å². The molecule has 28 heavy (non-hydrogen) atoms. The largest absolute Gasteiger partial charge is 0.848 e. The molecule has 1 aromatic carbocycles. The number of aliphatic hydroxyl groups is 2. The molecule has 1 aliphatic heterocycles. The van der Waals surface area contributed by atoms with Crippen LogP contribution >= 0.6 is 23.2 Å².